The van der Waals surface area contributed by atoms with Crippen LogP contribution in [0.15, 0.2) is 24.4 Å². The van der Waals surface area contributed by atoms with Crippen LogP contribution in [0.2, 0.25) is 0 Å². The predicted molar refractivity (Wildman–Crippen MR) is 97.8 cm³/mol. The molecule has 4 N–H and O–H groups in total. The summed E-state index contributed by atoms with van der Waals surface area (Å²) in [5, 5.41) is 6.11. The maximum atomic E-state index is 13.0. The first kappa shape index (κ1) is 18.8. The van der Waals surface area contributed by atoms with E-state index in [4.69, 9.17) is 0 Å². The Bertz CT molecular complexity index is 623. The van der Waals surface area contributed by atoms with Gasteiger partial charge in [-0.3, -0.25) is 20.0 Å². The number of aromatic nitrogens is 1. The van der Waals surface area contributed by atoms with Crippen molar-refractivity contribution in [3.8, 4) is 0 Å². The Morgan fingerprint density at radius 2 is 2.19 bits per heavy atom. The van der Waals surface area contributed by atoms with Gasteiger partial charge in [-0.2, -0.15) is 0 Å². The number of amides is 2. The number of rotatable bonds is 5. The zero-order chi connectivity index (χ0) is 18.5. The molecule has 0 radical (unpaired) electrons. The van der Waals surface area contributed by atoms with E-state index >= 15 is 0 Å². The van der Waals surface area contributed by atoms with E-state index in [1.165, 1.54) is 0 Å². The highest BCUT2D eigenvalue weighted by atomic mass is 16.2. The molecular formula is C18H28N6O2. The van der Waals surface area contributed by atoms with E-state index in [9.17, 15) is 9.59 Å². The average Bonchev–Trinajstić information content (AvgIpc) is 3.17. The van der Waals surface area contributed by atoms with Gasteiger partial charge in [0.25, 0.3) is 0 Å². The van der Waals surface area contributed by atoms with E-state index in [0.29, 0.717) is 32.1 Å². The van der Waals surface area contributed by atoms with Crippen molar-refractivity contribution < 1.29 is 9.59 Å². The Kier molecular flexibility index (Phi) is 6.18. The van der Waals surface area contributed by atoms with Crippen LogP contribution in [-0.2, 0) is 16.1 Å². The lowest BCUT2D eigenvalue weighted by Crippen LogP contribution is -2.62. The van der Waals surface area contributed by atoms with Crippen LogP contribution < -0.4 is 21.5 Å². The van der Waals surface area contributed by atoms with E-state index in [1.807, 2.05) is 18.2 Å². The third-order valence-corrected chi connectivity index (χ3v) is 5.03. The first-order valence-corrected chi connectivity index (χ1v) is 9.26. The summed E-state index contributed by atoms with van der Waals surface area (Å²) >= 11 is 0. The van der Waals surface area contributed by atoms with Gasteiger partial charge in [-0.15, -0.1) is 0 Å². The maximum Gasteiger partial charge on any atom is 0.244 e. The van der Waals surface area contributed by atoms with E-state index in [2.05, 4.69) is 40.3 Å². The molecule has 26 heavy (non-hydrogen) atoms. The lowest BCUT2D eigenvalue weighted by Gasteiger charge is -2.36. The molecule has 8 heteroatoms. The molecule has 0 aromatic carbocycles. The number of hydrazine groups is 1. The lowest BCUT2D eigenvalue weighted by atomic mass is 9.98. The molecule has 3 atom stereocenters. The quantitative estimate of drug-likeness (QED) is 0.559. The van der Waals surface area contributed by atoms with Crippen LogP contribution in [0.3, 0.4) is 0 Å². The summed E-state index contributed by atoms with van der Waals surface area (Å²) in [5.74, 6) is 0.281. The van der Waals surface area contributed by atoms with E-state index < -0.39 is 6.04 Å². The van der Waals surface area contributed by atoms with Crippen LogP contribution in [0.25, 0.3) is 0 Å². The summed E-state index contributed by atoms with van der Waals surface area (Å²) in [6, 6.07) is 5.07. The second-order valence-corrected chi connectivity index (χ2v) is 7.22. The molecule has 0 aliphatic carbocycles. The topological polar surface area (TPSA) is 98.4 Å². The van der Waals surface area contributed by atoms with Crippen molar-refractivity contribution in [2.45, 2.75) is 44.9 Å². The molecule has 2 saturated heterocycles. The van der Waals surface area contributed by atoms with Gasteiger partial charge in [0.15, 0.2) is 0 Å². The van der Waals surface area contributed by atoms with Crippen LogP contribution in [0.5, 0.6) is 0 Å². The number of piperazine rings is 1. The third kappa shape index (κ3) is 4.38. The molecule has 0 saturated carbocycles. The predicted octanol–water partition coefficient (Wildman–Crippen LogP) is -0.611. The minimum atomic E-state index is -0.500. The van der Waals surface area contributed by atoms with Crippen molar-refractivity contribution in [3.63, 3.8) is 0 Å². The Morgan fingerprint density at radius 1 is 1.35 bits per heavy atom. The number of carbonyl (C=O) groups excluding carboxylic acids is 2. The minimum Gasteiger partial charge on any atom is -0.349 e. The monoisotopic (exact) mass is 360 g/mol. The van der Waals surface area contributed by atoms with Crippen molar-refractivity contribution in [1.29, 1.82) is 0 Å². The highest BCUT2D eigenvalue weighted by molar-refractivity contribution is 5.90. The molecule has 2 amide bonds. The molecule has 3 unspecified atom stereocenters. The Balaban J connectivity index is 1.60. The van der Waals surface area contributed by atoms with Crippen LogP contribution in [-0.4, -0.2) is 59.5 Å². The molecule has 3 rings (SSSR count). The first-order valence-electron chi connectivity index (χ1n) is 9.26. The van der Waals surface area contributed by atoms with E-state index in [1.54, 1.807) is 11.1 Å². The summed E-state index contributed by atoms with van der Waals surface area (Å²) in [6.07, 6.45) is 2.44. The van der Waals surface area contributed by atoms with Gasteiger partial charge in [-0.1, -0.05) is 19.9 Å². The van der Waals surface area contributed by atoms with Crippen molar-refractivity contribution in [3.05, 3.63) is 30.1 Å². The summed E-state index contributed by atoms with van der Waals surface area (Å²) < 4.78 is 0. The van der Waals surface area contributed by atoms with Gasteiger partial charge in [-0.25, -0.2) is 5.43 Å². The molecule has 142 valence electrons. The van der Waals surface area contributed by atoms with Gasteiger partial charge < -0.3 is 15.5 Å². The second kappa shape index (κ2) is 8.57. The van der Waals surface area contributed by atoms with Gasteiger partial charge in [0.1, 0.15) is 12.1 Å². The van der Waals surface area contributed by atoms with Crippen molar-refractivity contribution in [1.82, 2.24) is 31.4 Å². The maximum absolute atomic E-state index is 13.0. The summed E-state index contributed by atoms with van der Waals surface area (Å²) in [6.45, 7) is 6.31. The number of nitrogens with zero attached hydrogens (tertiary/aromatic N) is 2. The third-order valence-electron chi connectivity index (χ3n) is 5.03. The first-order chi connectivity index (χ1) is 12.6. The minimum absolute atomic E-state index is 0.0138. The lowest BCUT2D eigenvalue weighted by molar-refractivity contribution is -0.143. The fraction of sp³-hybridized carbons (Fsp3) is 0.611. The fourth-order valence-electron chi connectivity index (χ4n) is 3.38. The van der Waals surface area contributed by atoms with E-state index in [-0.39, 0.29) is 23.9 Å². The molecule has 3 heterocycles. The standard InChI is InChI=1S/C18H28N6O2/c1-12(2)14-9-15(23-22-14)18(26)24-8-7-19-11-16(24)17(25)21-10-13-5-3-4-6-20-13/h3-6,12,14-16,19,22-23H,7-11H2,1-2H3,(H,21,25). The van der Waals surface area contributed by atoms with Gasteiger partial charge >= 0.3 is 0 Å². The van der Waals surface area contributed by atoms with Crippen LogP contribution in [0, 0.1) is 5.92 Å². The number of pyridine rings is 1. The summed E-state index contributed by atoms with van der Waals surface area (Å²) in [5.41, 5.74) is 7.09. The largest absolute Gasteiger partial charge is 0.349 e. The van der Waals surface area contributed by atoms with Crippen molar-refractivity contribution >= 4 is 11.8 Å². The van der Waals surface area contributed by atoms with Crippen molar-refractivity contribution in [2.24, 2.45) is 5.92 Å². The summed E-state index contributed by atoms with van der Waals surface area (Å²) in [4.78, 5) is 31.5. The molecule has 8 nitrogen and oxygen atoms in total. The molecule has 2 fully saturated rings. The zero-order valence-corrected chi connectivity index (χ0v) is 15.4. The van der Waals surface area contributed by atoms with E-state index in [0.717, 1.165) is 12.1 Å². The molecule has 2 aliphatic heterocycles. The van der Waals surface area contributed by atoms with Crippen LogP contribution >= 0.6 is 0 Å². The number of hydrogen-bond donors (Lipinski definition) is 4. The molecule has 0 spiro atoms. The second-order valence-electron chi connectivity index (χ2n) is 7.22. The Morgan fingerprint density at radius 3 is 2.88 bits per heavy atom. The van der Waals surface area contributed by atoms with Gasteiger partial charge in [-0.05, 0) is 24.5 Å². The Hall–Kier alpha value is -2.03. The highest BCUT2D eigenvalue weighted by Crippen LogP contribution is 2.17. The molecule has 2 aliphatic rings. The molecule has 1 aromatic heterocycles. The molecule has 0 bridgehead atoms. The smallest absolute Gasteiger partial charge is 0.244 e. The Labute approximate surface area is 154 Å². The SMILES string of the molecule is CC(C)C1CC(C(=O)N2CCNCC2C(=O)NCc2ccccn2)NN1. The number of nitrogens with one attached hydrogen (secondary N) is 4. The van der Waals surface area contributed by atoms with Crippen molar-refractivity contribution in [2.75, 3.05) is 19.6 Å². The number of carbonyl (C=O) groups is 2. The zero-order valence-electron chi connectivity index (χ0n) is 15.4. The highest BCUT2D eigenvalue weighted by Gasteiger charge is 2.38. The fourth-order valence-corrected chi connectivity index (χ4v) is 3.38. The molecule has 1 aromatic rings. The molecular weight excluding hydrogens is 332 g/mol. The van der Waals surface area contributed by atoms with Gasteiger partial charge in [0.05, 0.1) is 12.2 Å². The van der Waals surface area contributed by atoms with Gasteiger partial charge in [0, 0.05) is 31.9 Å². The van der Waals surface area contributed by atoms with Crippen LogP contribution in [0.4, 0.5) is 0 Å². The van der Waals surface area contributed by atoms with Gasteiger partial charge in [0.2, 0.25) is 11.8 Å². The summed E-state index contributed by atoms with van der Waals surface area (Å²) in [7, 11) is 0. The average molecular weight is 360 g/mol. The number of hydrogen-bond acceptors (Lipinski definition) is 6. The van der Waals surface area contributed by atoms with Crippen LogP contribution in [0.1, 0.15) is 26.0 Å². The normalized spacial score (nSPS) is 26.1.